The molecule has 7 nitrogen and oxygen atoms in total. The highest BCUT2D eigenvalue weighted by Crippen LogP contribution is 2.33. The number of carbonyl (C=O) groups is 2. The van der Waals surface area contributed by atoms with E-state index in [0.717, 1.165) is 10.9 Å². The number of nitrogens with zero attached hydrogens (tertiary/aromatic N) is 2. The Morgan fingerprint density at radius 2 is 2.00 bits per heavy atom. The van der Waals surface area contributed by atoms with E-state index in [2.05, 4.69) is 15.7 Å². The number of alkyl halides is 3. The highest BCUT2D eigenvalue weighted by molar-refractivity contribution is 5.98. The van der Waals surface area contributed by atoms with Crippen LogP contribution in [-0.4, -0.2) is 27.6 Å². The van der Waals surface area contributed by atoms with Crippen molar-refractivity contribution in [3.05, 3.63) is 41.6 Å². The Morgan fingerprint density at radius 3 is 2.54 bits per heavy atom. The van der Waals surface area contributed by atoms with Gasteiger partial charge in [0.2, 0.25) is 5.91 Å². The minimum absolute atomic E-state index is 0.102. The maximum absolute atomic E-state index is 13.3. The monoisotopic (exact) mass is 372 g/mol. The number of aromatic nitrogens is 2. The first-order valence-electron chi connectivity index (χ1n) is 7.87. The van der Waals surface area contributed by atoms with E-state index in [-0.39, 0.29) is 6.54 Å². The van der Waals surface area contributed by atoms with Crippen molar-refractivity contribution in [2.45, 2.75) is 45.6 Å². The lowest BCUT2D eigenvalue weighted by atomic mass is 10.2. The van der Waals surface area contributed by atoms with Crippen molar-refractivity contribution < 1.29 is 27.2 Å². The minimum Gasteiger partial charge on any atom is -0.467 e. The molecule has 2 aromatic rings. The van der Waals surface area contributed by atoms with E-state index in [1.165, 1.54) is 27.0 Å². The molecule has 0 bridgehead atoms. The zero-order valence-corrected chi connectivity index (χ0v) is 14.4. The van der Waals surface area contributed by atoms with Crippen LogP contribution in [0.1, 0.15) is 48.6 Å². The van der Waals surface area contributed by atoms with E-state index in [0.29, 0.717) is 5.76 Å². The molecule has 142 valence electrons. The van der Waals surface area contributed by atoms with Gasteiger partial charge in [-0.05, 0) is 32.9 Å². The lowest BCUT2D eigenvalue weighted by Gasteiger charge is -2.16. The Balaban J connectivity index is 2.08. The Morgan fingerprint density at radius 1 is 1.31 bits per heavy atom. The topological polar surface area (TPSA) is 89.2 Å². The Hall–Kier alpha value is -2.78. The van der Waals surface area contributed by atoms with E-state index < -0.39 is 41.3 Å². The van der Waals surface area contributed by atoms with Crippen molar-refractivity contribution in [1.29, 1.82) is 0 Å². The fourth-order valence-corrected chi connectivity index (χ4v) is 2.28. The molecule has 0 saturated carbocycles. The molecule has 2 rings (SSSR count). The normalized spacial score (nSPS) is 12.9. The summed E-state index contributed by atoms with van der Waals surface area (Å²) in [7, 11) is 0. The van der Waals surface area contributed by atoms with Gasteiger partial charge in [0.1, 0.15) is 11.8 Å². The van der Waals surface area contributed by atoms with Gasteiger partial charge in [-0.3, -0.25) is 14.3 Å². The minimum atomic E-state index is -4.75. The second-order valence-corrected chi connectivity index (χ2v) is 5.94. The number of rotatable bonds is 6. The second-order valence-electron chi connectivity index (χ2n) is 5.94. The number of amides is 2. The van der Waals surface area contributed by atoms with Crippen LogP contribution < -0.4 is 10.6 Å². The predicted octanol–water partition coefficient (Wildman–Crippen LogP) is 2.51. The quantitative estimate of drug-likeness (QED) is 0.815. The van der Waals surface area contributed by atoms with Gasteiger partial charge in [-0.2, -0.15) is 18.3 Å². The highest BCUT2D eigenvalue weighted by Gasteiger charge is 2.40. The third-order valence-electron chi connectivity index (χ3n) is 3.56. The Kier molecular flexibility index (Phi) is 5.73. The summed E-state index contributed by atoms with van der Waals surface area (Å²) < 4.78 is 45.7. The van der Waals surface area contributed by atoms with Crippen LogP contribution in [0.2, 0.25) is 0 Å². The summed E-state index contributed by atoms with van der Waals surface area (Å²) in [6.45, 7) is 4.52. The van der Waals surface area contributed by atoms with E-state index in [1.54, 1.807) is 12.1 Å². The van der Waals surface area contributed by atoms with E-state index in [1.807, 2.05) is 0 Å². The van der Waals surface area contributed by atoms with Crippen LogP contribution in [0, 0.1) is 0 Å². The molecule has 0 radical (unpaired) electrons. The van der Waals surface area contributed by atoms with Crippen molar-refractivity contribution in [3.8, 4) is 0 Å². The molecule has 0 saturated heterocycles. The molecule has 26 heavy (non-hydrogen) atoms. The van der Waals surface area contributed by atoms with Gasteiger partial charge in [-0.1, -0.05) is 0 Å². The SMILES string of the molecule is CC(NC(=O)c1cnn(C(C)C)c1C(F)(F)F)C(=O)NCc1ccco1. The second kappa shape index (κ2) is 7.63. The Bertz CT molecular complexity index is 766. The summed E-state index contributed by atoms with van der Waals surface area (Å²) in [6.07, 6.45) is -2.46. The van der Waals surface area contributed by atoms with E-state index >= 15 is 0 Å². The van der Waals surface area contributed by atoms with Gasteiger partial charge in [-0.15, -0.1) is 0 Å². The molecule has 2 heterocycles. The molecule has 0 spiro atoms. The molecule has 0 aliphatic rings. The van der Waals surface area contributed by atoms with Gasteiger partial charge in [0, 0.05) is 6.04 Å². The molecular formula is C16H19F3N4O3. The summed E-state index contributed by atoms with van der Waals surface area (Å²) >= 11 is 0. The molecule has 1 unspecified atom stereocenters. The number of hydrogen-bond acceptors (Lipinski definition) is 4. The summed E-state index contributed by atoms with van der Waals surface area (Å²) in [5.41, 5.74) is -1.77. The zero-order chi connectivity index (χ0) is 19.5. The molecule has 0 aliphatic heterocycles. The van der Waals surface area contributed by atoms with Crippen LogP contribution in [-0.2, 0) is 17.5 Å². The van der Waals surface area contributed by atoms with Crippen LogP contribution in [0.4, 0.5) is 13.2 Å². The Labute approximate surface area is 147 Å². The van der Waals surface area contributed by atoms with Crippen LogP contribution in [0.5, 0.6) is 0 Å². The lowest BCUT2D eigenvalue weighted by Crippen LogP contribution is -2.44. The van der Waals surface area contributed by atoms with Crippen LogP contribution in [0.25, 0.3) is 0 Å². The summed E-state index contributed by atoms with van der Waals surface area (Å²) in [5, 5.41) is 8.42. The van der Waals surface area contributed by atoms with Crippen molar-refractivity contribution in [2.75, 3.05) is 0 Å². The van der Waals surface area contributed by atoms with Crippen molar-refractivity contribution in [3.63, 3.8) is 0 Å². The third kappa shape index (κ3) is 4.44. The smallest absolute Gasteiger partial charge is 0.433 e. The first-order chi connectivity index (χ1) is 12.1. The molecule has 2 aromatic heterocycles. The highest BCUT2D eigenvalue weighted by atomic mass is 19.4. The van der Waals surface area contributed by atoms with Crippen molar-refractivity contribution in [1.82, 2.24) is 20.4 Å². The molecule has 0 aromatic carbocycles. The number of hydrogen-bond donors (Lipinski definition) is 2. The zero-order valence-electron chi connectivity index (χ0n) is 14.4. The van der Waals surface area contributed by atoms with E-state index in [4.69, 9.17) is 4.42 Å². The molecular weight excluding hydrogens is 353 g/mol. The first-order valence-corrected chi connectivity index (χ1v) is 7.87. The fourth-order valence-electron chi connectivity index (χ4n) is 2.28. The van der Waals surface area contributed by atoms with Crippen LogP contribution in [0.15, 0.2) is 29.0 Å². The third-order valence-corrected chi connectivity index (χ3v) is 3.56. The summed E-state index contributed by atoms with van der Waals surface area (Å²) in [6, 6.07) is 1.68. The maximum Gasteiger partial charge on any atom is 0.433 e. The van der Waals surface area contributed by atoms with Gasteiger partial charge in [0.25, 0.3) is 5.91 Å². The molecule has 2 amide bonds. The number of carbonyl (C=O) groups excluding carboxylic acids is 2. The maximum atomic E-state index is 13.3. The largest absolute Gasteiger partial charge is 0.467 e. The van der Waals surface area contributed by atoms with E-state index in [9.17, 15) is 22.8 Å². The molecule has 1 atom stereocenters. The van der Waals surface area contributed by atoms with Gasteiger partial charge in [-0.25, -0.2) is 0 Å². The van der Waals surface area contributed by atoms with Gasteiger partial charge in [0.05, 0.1) is 24.6 Å². The fraction of sp³-hybridized carbons (Fsp3) is 0.438. The standard InChI is InChI=1S/C16H19F3N4O3/c1-9(2)23-13(16(17,18)19)12(8-21-23)15(25)22-10(3)14(24)20-7-11-5-4-6-26-11/h4-6,8-10H,7H2,1-3H3,(H,20,24)(H,22,25). The van der Waals surface area contributed by atoms with Gasteiger partial charge in [0.15, 0.2) is 5.69 Å². The first kappa shape index (κ1) is 19.5. The molecule has 0 fully saturated rings. The molecule has 10 heteroatoms. The molecule has 2 N–H and O–H groups in total. The number of furan rings is 1. The van der Waals surface area contributed by atoms with Crippen LogP contribution in [0.3, 0.4) is 0 Å². The number of nitrogens with one attached hydrogen (secondary N) is 2. The average molecular weight is 372 g/mol. The molecule has 0 aliphatic carbocycles. The average Bonchev–Trinajstić information content (AvgIpc) is 3.20. The van der Waals surface area contributed by atoms with Crippen molar-refractivity contribution >= 4 is 11.8 Å². The lowest BCUT2D eigenvalue weighted by molar-refractivity contribution is -0.145. The van der Waals surface area contributed by atoms with Crippen molar-refractivity contribution in [2.24, 2.45) is 0 Å². The number of halogens is 3. The summed E-state index contributed by atoms with van der Waals surface area (Å²) in [5.74, 6) is -1.07. The summed E-state index contributed by atoms with van der Waals surface area (Å²) in [4.78, 5) is 24.2. The van der Waals surface area contributed by atoms with Gasteiger partial charge >= 0.3 is 6.18 Å². The van der Waals surface area contributed by atoms with Gasteiger partial charge < -0.3 is 15.1 Å². The predicted molar refractivity (Wildman–Crippen MR) is 85.1 cm³/mol. The van der Waals surface area contributed by atoms with Crippen LogP contribution >= 0.6 is 0 Å².